The average molecular weight is 150 g/mol. The van der Waals surface area contributed by atoms with E-state index in [-0.39, 0.29) is 5.88 Å². The van der Waals surface area contributed by atoms with Crippen molar-refractivity contribution < 1.29 is 9.47 Å². The number of rotatable bonds is 2. The lowest BCUT2D eigenvalue weighted by molar-refractivity contribution is 0.409. The van der Waals surface area contributed by atoms with Gasteiger partial charge in [-0.1, -0.05) is 0 Å². The lowest BCUT2D eigenvalue weighted by Gasteiger charge is -1.97. The first-order valence-corrected chi connectivity index (χ1v) is 2.93. The van der Waals surface area contributed by atoms with Gasteiger partial charge in [-0.15, -0.1) is 5.26 Å². The summed E-state index contributed by atoms with van der Waals surface area (Å²) in [7, 11) is 1.54. The molecule has 0 atom stereocenters. The second-order valence-corrected chi connectivity index (χ2v) is 1.73. The van der Waals surface area contributed by atoms with E-state index in [9.17, 15) is 0 Å². The third kappa shape index (κ3) is 1.83. The van der Waals surface area contributed by atoms with Gasteiger partial charge in [-0.3, -0.25) is 0 Å². The van der Waals surface area contributed by atoms with Gasteiger partial charge in [-0.05, 0) is 6.07 Å². The van der Waals surface area contributed by atoms with Crippen LogP contribution in [0.2, 0.25) is 0 Å². The molecular formula is C7H6N2O2. The van der Waals surface area contributed by atoms with Crippen molar-refractivity contribution in [2.24, 2.45) is 0 Å². The molecule has 0 saturated carbocycles. The van der Waals surface area contributed by atoms with Crippen LogP contribution in [-0.4, -0.2) is 12.1 Å². The van der Waals surface area contributed by atoms with Crippen molar-refractivity contribution in [2.75, 3.05) is 7.11 Å². The molecule has 0 aliphatic rings. The number of aromatic nitrogens is 1. The fraction of sp³-hybridized carbons (Fsp3) is 0.143. The lowest BCUT2D eigenvalue weighted by Crippen LogP contribution is -1.87. The molecule has 1 rings (SSSR count). The van der Waals surface area contributed by atoms with Gasteiger partial charge in [0, 0.05) is 6.07 Å². The first-order chi connectivity index (χ1) is 5.36. The Kier molecular flexibility index (Phi) is 2.28. The maximum Gasteiger partial charge on any atom is 0.293 e. The Morgan fingerprint density at radius 3 is 2.82 bits per heavy atom. The molecule has 0 N–H and O–H groups in total. The zero-order valence-corrected chi connectivity index (χ0v) is 5.94. The van der Waals surface area contributed by atoms with E-state index in [1.165, 1.54) is 12.5 Å². The van der Waals surface area contributed by atoms with Crippen molar-refractivity contribution in [3.63, 3.8) is 0 Å². The van der Waals surface area contributed by atoms with Crippen molar-refractivity contribution in [3.05, 3.63) is 18.3 Å². The molecule has 0 amide bonds. The quantitative estimate of drug-likeness (QED) is 0.589. The van der Waals surface area contributed by atoms with Crippen molar-refractivity contribution in [1.82, 2.24) is 4.98 Å². The highest BCUT2D eigenvalue weighted by Gasteiger charge is 1.93. The van der Waals surface area contributed by atoms with Crippen LogP contribution in [0.25, 0.3) is 0 Å². The largest absolute Gasteiger partial charge is 0.495 e. The number of methoxy groups -OCH3 is 1. The third-order valence-corrected chi connectivity index (χ3v) is 1.10. The van der Waals surface area contributed by atoms with E-state index in [1.807, 2.05) is 0 Å². The summed E-state index contributed by atoms with van der Waals surface area (Å²) in [6.07, 6.45) is 3.00. The molecule has 0 aliphatic heterocycles. The van der Waals surface area contributed by atoms with E-state index < -0.39 is 0 Å². The summed E-state index contributed by atoms with van der Waals surface area (Å²) in [6, 6.07) is 3.22. The zero-order valence-electron chi connectivity index (χ0n) is 5.94. The minimum absolute atomic E-state index is 0.272. The maximum absolute atomic E-state index is 8.10. The van der Waals surface area contributed by atoms with Gasteiger partial charge >= 0.3 is 0 Å². The Labute approximate surface area is 64.0 Å². The number of nitriles is 1. The molecule has 1 heterocycles. The molecule has 4 nitrogen and oxygen atoms in total. The fourth-order valence-electron chi connectivity index (χ4n) is 0.595. The molecule has 0 saturated heterocycles. The van der Waals surface area contributed by atoms with E-state index in [0.717, 1.165) is 0 Å². The van der Waals surface area contributed by atoms with Crippen molar-refractivity contribution >= 4 is 0 Å². The van der Waals surface area contributed by atoms with Crippen molar-refractivity contribution in [3.8, 4) is 17.9 Å². The summed E-state index contributed by atoms with van der Waals surface area (Å²) in [4.78, 5) is 3.77. The van der Waals surface area contributed by atoms with Crippen molar-refractivity contribution in [2.45, 2.75) is 0 Å². The molecule has 4 heteroatoms. The van der Waals surface area contributed by atoms with E-state index in [0.29, 0.717) is 5.75 Å². The standard InChI is InChI=1S/C7H6N2O2/c1-10-6-2-3-7(9-4-6)11-5-8/h2-4H,1H3. The zero-order chi connectivity index (χ0) is 8.10. The van der Waals surface area contributed by atoms with E-state index in [1.54, 1.807) is 19.2 Å². The Morgan fingerprint density at radius 2 is 2.36 bits per heavy atom. The smallest absolute Gasteiger partial charge is 0.293 e. The summed E-state index contributed by atoms with van der Waals surface area (Å²) in [5, 5.41) is 8.10. The van der Waals surface area contributed by atoms with Crippen LogP contribution in [0.15, 0.2) is 18.3 Å². The van der Waals surface area contributed by atoms with Crippen LogP contribution in [0.1, 0.15) is 0 Å². The van der Waals surface area contributed by atoms with E-state index in [4.69, 9.17) is 10.00 Å². The predicted molar refractivity (Wildman–Crippen MR) is 37.0 cm³/mol. The highest BCUT2D eigenvalue weighted by Crippen LogP contribution is 2.12. The summed E-state index contributed by atoms with van der Waals surface area (Å²) >= 11 is 0. The van der Waals surface area contributed by atoms with Crippen LogP contribution in [-0.2, 0) is 0 Å². The van der Waals surface area contributed by atoms with Gasteiger partial charge in [0.25, 0.3) is 6.26 Å². The molecule has 1 aromatic rings. The number of hydrogen-bond acceptors (Lipinski definition) is 4. The van der Waals surface area contributed by atoms with Crippen LogP contribution < -0.4 is 9.47 Å². The van der Waals surface area contributed by atoms with Crippen LogP contribution in [0.4, 0.5) is 0 Å². The Morgan fingerprint density at radius 1 is 1.55 bits per heavy atom. The minimum atomic E-state index is 0.272. The lowest BCUT2D eigenvalue weighted by atomic mass is 10.4. The van der Waals surface area contributed by atoms with Gasteiger partial charge in [0.1, 0.15) is 5.75 Å². The third-order valence-electron chi connectivity index (χ3n) is 1.10. The molecule has 0 unspecified atom stereocenters. The summed E-state index contributed by atoms with van der Waals surface area (Å²) < 4.78 is 9.29. The second kappa shape index (κ2) is 3.42. The van der Waals surface area contributed by atoms with E-state index >= 15 is 0 Å². The Hall–Kier alpha value is -1.76. The maximum atomic E-state index is 8.10. The molecular weight excluding hydrogens is 144 g/mol. The first kappa shape index (κ1) is 7.35. The Bertz CT molecular complexity index is 263. The van der Waals surface area contributed by atoms with Crippen LogP contribution in [0, 0.1) is 11.5 Å². The van der Waals surface area contributed by atoms with Gasteiger partial charge in [-0.2, -0.15) is 0 Å². The number of hydrogen-bond donors (Lipinski definition) is 0. The molecule has 0 aliphatic carbocycles. The fourth-order valence-corrected chi connectivity index (χ4v) is 0.595. The number of ether oxygens (including phenoxy) is 2. The van der Waals surface area contributed by atoms with Gasteiger partial charge in [0.05, 0.1) is 13.3 Å². The summed E-state index contributed by atoms with van der Waals surface area (Å²) in [5.74, 6) is 0.906. The summed E-state index contributed by atoms with van der Waals surface area (Å²) in [6.45, 7) is 0. The van der Waals surface area contributed by atoms with Crippen LogP contribution >= 0.6 is 0 Å². The predicted octanol–water partition coefficient (Wildman–Crippen LogP) is 0.950. The topological polar surface area (TPSA) is 55.1 Å². The Balaban J connectivity index is 2.76. The highest BCUT2D eigenvalue weighted by molar-refractivity contribution is 5.23. The monoisotopic (exact) mass is 150 g/mol. The first-order valence-electron chi connectivity index (χ1n) is 2.93. The molecule has 1 aromatic heterocycles. The second-order valence-electron chi connectivity index (χ2n) is 1.73. The molecule has 0 spiro atoms. The van der Waals surface area contributed by atoms with Gasteiger partial charge in [0.15, 0.2) is 0 Å². The van der Waals surface area contributed by atoms with Gasteiger partial charge in [-0.25, -0.2) is 4.98 Å². The minimum Gasteiger partial charge on any atom is -0.495 e. The van der Waals surface area contributed by atoms with Crippen molar-refractivity contribution in [1.29, 1.82) is 5.26 Å². The van der Waals surface area contributed by atoms with Crippen LogP contribution in [0.5, 0.6) is 11.6 Å². The SMILES string of the molecule is COc1ccc(OC#N)nc1. The molecule has 0 aromatic carbocycles. The van der Waals surface area contributed by atoms with Crippen LogP contribution in [0.3, 0.4) is 0 Å². The molecule has 0 radical (unpaired) electrons. The molecule has 56 valence electrons. The van der Waals surface area contributed by atoms with E-state index in [2.05, 4.69) is 9.72 Å². The highest BCUT2D eigenvalue weighted by atomic mass is 16.5. The van der Waals surface area contributed by atoms with Gasteiger partial charge in [0.2, 0.25) is 5.88 Å². The number of nitrogens with zero attached hydrogens (tertiary/aromatic N) is 2. The van der Waals surface area contributed by atoms with Gasteiger partial charge < -0.3 is 9.47 Å². The molecule has 11 heavy (non-hydrogen) atoms. The normalized spacial score (nSPS) is 8.36. The molecule has 0 bridgehead atoms. The number of pyridine rings is 1. The molecule has 0 fully saturated rings. The summed E-state index contributed by atoms with van der Waals surface area (Å²) in [5.41, 5.74) is 0. The average Bonchev–Trinajstić information content (AvgIpc) is 2.07.